The van der Waals surface area contributed by atoms with Crippen LogP contribution in [-0.4, -0.2) is 138 Å². The molecule has 7 N–H and O–H groups in total. The fraction of sp³-hybridized carbons (Fsp3) is 0.846. The number of rotatable bonds is 17. The second-order valence-electron chi connectivity index (χ2n) is 9.89. The topological polar surface area (TPSA) is 223 Å². The monoisotopic (exact) mass is 595 g/mol. The number of methoxy groups -OCH3 is 1. The van der Waals surface area contributed by atoms with Crippen LogP contribution < -0.4 is 5.32 Å². The Labute approximate surface area is 238 Å². The Kier molecular flexibility index (Phi) is 16.0. The maximum absolute atomic E-state index is 12.4. The van der Waals surface area contributed by atoms with Gasteiger partial charge in [0.05, 0.1) is 20.3 Å². The molecule has 2 aliphatic heterocycles. The number of nitrogens with one attached hydrogen (secondary N) is 1. The number of unbranched alkanes of at least 4 members (excludes halogenated alkanes) is 5. The summed E-state index contributed by atoms with van der Waals surface area (Å²) in [6.07, 6.45) is -7.84. The van der Waals surface area contributed by atoms with Crippen LogP contribution in [0.4, 0.5) is 4.79 Å². The van der Waals surface area contributed by atoms with Gasteiger partial charge in [-0.1, -0.05) is 38.3 Å². The molecule has 2 heterocycles. The first-order valence-corrected chi connectivity index (χ1v) is 13.8. The van der Waals surface area contributed by atoms with Gasteiger partial charge in [0.1, 0.15) is 55.4 Å². The Morgan fingerprint density at radius 1 is 0.854 bits per heavy atom. The van der Waals surface area contributed by atoms with Crippen LogP contribution in [-0.2, 0) is 33.2 Å². The van der Waals surface area contributed by atoms with E-state index in [1.807, 2.05) is 0 Å². The number of aliphatic hydroxyl groups excluding tert-OH is 6. The summed E-state index contributed by atoms with van der Waals surface area (Å²) in [7, 11) is 1.36. The van der Waals surface area contributed by atoms with Crippen LogP contribution in [0.25, 0.3) is 0 Å². The zero-order chi connectivity index (χ0) is 30.4. The van der Waals surface area contributed by atoms with E-state index in [0.717, 1.165) is 32.1 Å². The zero-order valence-corrected chi connectivity index (χ0v) is 23.3. The number of hydrogen-bond acceptors (Lipinski definition) is 14. The van der Waals surface area contributed by atoms with Crippen molar-refractivity contribution in [3.63, 3.8) is 0 Å². The molecule has 0 saturated carbocycles. The van der Waals surface area contributed by atoms with Gasteiger partial charge in [-0.25, -0.2) is 4.79 Å². The lowest BCUT2D eigenvalue weighted by Crippen LogP contribution is -2.68. The van der Waals surface area contributed by atoms with E-state index in [9.17, 15) is 40.2 Å². The number of ether oxygens (including phenoxy) is 6. The fourth-order valence-electron chi connectivity index (χ4n) is 4.55. The maximum Gasteiger partial charge on any atom is 0.407 e. The molecule has 2 rings (SSSR count). The highest BCUT2D eigenvalue weighted by molar-refractivity contribution is 5.69. The van der Waals surface area contributed by atoms with Gasteiger partial charge >= 0.3 is 12.1 Å². The van der Waals surface area contributed by atoms with E-state index in [4.69, 9.17) is 23.7 Å². The number of hydrogen-bond donors (Lipinski definition) is 7. The van der Waals surface area contributed by atoms with Gasteiger partial charge in [0.15, 0.2) is 12.6 Å². The Morgan fingerprint density at radius 2 is 1.46 bits per heavy atom. The molecule has 0 aromatic heterocycles. The van der Waals surface area contributed by atoms with Crippen molar-refractivity contribution in [1.82, 2.24) is 5.32 Å². The van der Waals surface area contributed by atoms with Gasteiger partial charge in [0, 0.05) is 13.0 Å². The molecule has 0 aliphatic carbocycles. The van der Waals surface area contributed by atoms with Gasteiger partial charge in [-0.2, -0.15) is 0 Å². The van der Waals surface area contributed by atoms with Gasteiger partial charge in [-0.15, -0.1) is 0 Å². The van der Waals surface area contributed by atoms with E-state index in [1.54, 1.807) is 0 Å². The number of aliphatic hydroxyl groups is 6. The van der Waals surface area contributed by atoms with Gasteiger partial charge in [-0.05, 0) is 12.8 Å². The minimum Gasteiger partial charge on any atom is -0.469 e. The third kappa shape index (κ3) is 10.7. The average Bonchev–Trinajstić information content (AvgIpc) is 2.97. The molecule has 15 heteroatoms. The predicted octanol–water partition coefficient (Wildman–Crippen LogP) is -1.55. The Bertz CT molecular complexity index is 785. The maximum atomic E-state index is 12.4. The van der Waals surface area contributed by atoms with Crippen LogP contribution in [0, 0.1) is 0 Å². The van der Waals surface area contributed by atoms with Crippen molar-refractivity contribution in [2.45, 2.75) is 106 Å². The molecule has 10 atom stereocenters. The Balaban J connectivity index is 2.06. The summed E-state index contributed by atoms with van der Waals surface area (Å²) in [6.45, 7) is 2.20. The first kappa shape index (κ1) is 35.3. The van der Waals surface area contributed by atoms with Gasteiger partial charge in [0.25, 0.3) is 0 Å². The highest BCUT2D eigenvalue weighted by atomic mass is 16.7. The lowest BCUT2D eigenvalue weighted by Gasteiger charge is -2.47. The van der Waals surface area contributed by atoms with Crippen LogP contribution >= 0.6 is 0 Å². The van der Waals surface area contributed by atoms with Gasteiger partial charge in [-0.3, -0.25) is 4.79 Å². The first-order chi connectivity index (χ1) is 19.7. The lowest BCUT2D eigenvalue weighted by atomic mass is 9.95. The molecule has 0 radical (unpaired) electrons. The van der Waals surface area contributed by atoms with Crippen LogP contribution in [0.1, 0.15) is 44.9 Å². The Morgan fingerprint density at radius 3 is 2.10 bits per heavy atom. The fourth-order valence-corrected chi connectivity index (χ4v) is 4.55. The molecule has 6 unspecified atom stereocenters. The molecule has 2 saturated heterocycles. The number of esters is 1. The lowest BCUT2D eigenvalue weighted by molar-refractivity contribution is -0.344. The molecule has 0 spiro atoms. The Hall–Kier alpha value is -1.92. The normalized spacial score (nSPS) is 33.6. The van der Waals surface area contributed by atoms with Crippen molar-refractivity contribution >= 4 is 12.1 Å². The smallest absolute Gasteiger partial charge is 0.407 e. The predicted molar refractivity (Wildman–Crippen MR) is 139 cm³/mol. The van der Waals surface area contributed by atoms with Crippen LogP contribution in [0.3, 0.4) is 0 Å². The minimum atomic E-state index is -1.78. The van der Waals surface area contributed by atoms with Crippen molar-refractivity contribution in [3.8, 4) is 0 Å². The van der Waals surface area contributed by atoms with Crippen LogP contribution in [0.2, 0.25) is 0 Å². The quantitative estimate of drug-likeness (QED) is 0.0575. The molecule has 0 aromatic rings. The summed E-state index contributed by atoms with van der Waals surface area (Å²) in [5.41, 5.74) is 0. The summed E-state index contributed by atoms with van der Waals surface area (Å²) in [5, 5.41) is 63.4. The van der Waals surface area contributed by atoms with E-state index in [-0.39, 0.29) is 19.2 Å². The summed E-state index contributed by atoms with van der Waals surface area (Å²) in [6, 6.07) is -1.24. The number of amides is 1. The molecule has 0 bridgehead atoms. The molecule has 238 valence electrons. The van der Waals surface area contributed by atoms with E-state index in [2.05, 4.69) is 16.6 Å². The number of carbonyl (C=O) groups excluding carboxylic acids is 2. The number of carbonyl (C=O) groups is 2. The average molecular weight is 596 g/mol. The SMILES string of the molecule is C=CCOC(=O)NC1C(O[C@@H]2OC(CO)[C@H](O)C(O)C2O)[C@H](O)C(CO)O[C@H]1OCCCCCCCCC(=O)OC. The van der Waals surface area contributed by atoms with Crippen molar-refractivity contribution in [1.29, 1.82) is 0 Å². The molecule has 15 nitrogen and oxygen atoms in total. The summed E-state index contributed by atoms with van der Waals surface area (Å²) < 4.78 is 32.4. The summed E-state index contributed by atoms with van der Waals surface area (Å²) in [4.78, 5) is 23.6. The second-order valence-corrected chi connectivity index (χ2v) is 9.89. The molecule has 2 aliphatic rings. The molecule has 41 heavy (non-hydrogen) atoms. The first-order valence-electron chi connectivity index (χ1n) is 13.8. The van der Waals surface area contributed by atoms with E-state index >= 15 is 0 Å². The zero-order valence-electron chi connectivity index (χ0n) is 23.3. The van der Waals surface area contributed by atoms with Gasteiger partial charge < -0.3 is 64.4 Å². The van der Waals surface area contributed by atoms with Crippen molar-refractivity contribution in [2.75, 3.05) is 33.5 Å². The van der Waals surface area contributed by atoms with Crippen molar-refractivity contribution < 1.29 is 68.6 Å². The molecule has 1 amide bonds. The number of alkyl carbamates (subject to hydrolysis) is 1. The second kappa shape index (κ2) is 18.6. The largest absolute Gasteiger partial charge is 0.469 e. The third-order valence-electron chi connectivity index (χ3n) is 6.90. The molecular formula is C26H45NO14. The van der Waals surface area contributed by atoms with Crippen LogP contribution in [0.5, 0.6) is 0 Å². The summed E-state index contributed by atoms with van der Waals surface area (Å²) >= 11 is 0. The summed E-state index contributed by atoms with van der Waals surface area (Å²) in [5.74, 6) is -0.234. The highest BCUT2D eigenvalue weighted by Crippen LogP contribution is 2.30. The molecule has 0 aromatic carbocycles. The van der Waals surface area contributed by atoms with E-state index in [0.29, 0.717) is 12.8 Å². The van der Waals surface area contributed by atoms with Crippen molar-refractivity contribution in [2.24, 2.45) is 0 Å². The highest BCUT2D eigenvalue weighted by Gasteiger charge is 2.51. The molecular weight excluding hydrogens is 550 g/mol. The van der Waals surface area contributed by atoms with Crippen molar-refractivity contribution in [3.05, 3.63) is 12.7 Å². The molecule has 2 fully saturated rings. The van der Waals surface area contributed by atoms with Crippen LogP contribution in [0.15, 0.2) is 12.7 Å². The van der Waals surface area contributed by atoms with Gasteiger partial charge in [0.2, 0.25) is 0 Å². The minimum absolute atomic E-state index is 0.120. The van der Waals surface area contributed by atoms with E-state index in [1.165, 1.54) is 13.2 Å². The standard InChI is InChI=1S/C26H45NO14/c1-3-11-38-26(35)27-18-23(41-25-22(34)21(33)19(31)15(13-28)40-25)20(32)16(14-29)39-24(18)37-12-9-7-5-4-6-8-10-17(30)36-2/h3,15-16,18-25,28-29,31-34H,1,4-14H2,2H3,(H,27,35)/t15?,16?,18?,19-,20+,21?,22?,23?,24+,25-/m0/s1. The third-order valence-corrected chi connectivity index (χ3v) is 6.90. The van der Waals surface area contributed by atoms with E-state index < -0.39 is 80.7 Å².